The van der Waals surface area contributed by atoms with E-state index in [1.807, 2.05) is 12.1 Å². The van der Waals surface area contributed by atoms with Gasteiger partial charge in [0.2, 0.25) is 0 Å². The third-order valence-corrected chi connectivity index (χ3v) is 6.84. The molecule has 0 saturated heterocycles. The third kappa shape index (κ3) is 2.38. The van der Waals surface area contributed by atoms with E-state index >= 15 is 0 Å². The molecule has 0 aliphatic rings. The Balaban J connectivity index is 1.64. The molecule has 0 bridgehead atoms. The van der Waals surface area contributed by atoms with Crippen LogP contribution in [0.1, 0.15) is 0 Å². The van der Waals surface area contributed by atoms with Crippen LogP contribution in [0.25, 0.3) is 60.2 Å². The minimum Gasteiger partial charge on any atom is -0.456 e. The number of para-hydroxylation sites is 2. The Morgan fingerprint density at radius 1 is 0.581 bits per heavy atom. The Morgan fingerprint density at radius 2 is 1.29 bits per heavy atom. The van der Waals surface area contributed by atoms with Crippen LogP contribution in [0.4, 0.5) is 0 Å². The van der Waals surface area contributed by atoms with Crippen LogP contribution in [0, 0.1) is 0 Å². The van der Waals surface area contributed by atoms with Crippen LogP contribution in [0.3, 0.4) is 0 Å². The van der Waals surface area contributed by atoms with Gasteiger partial charge in [-0.25, -0.2) is 0 Å². The SMILES string of the molecule is Brc1cc(-n2c3ccccc3c3cc4ccccc4cc32)cc2oc3ccccc3c12. The minimum atomic E-state index is 0.886. The van der Waals surface area contributed by atoms with E-state index in [9.17, 15) is 0 Å². The molecule has 2 nitrogen and oxygen atoms in total. The van der Waals surface area contributed by atoms with Crippen molar-refractivity contribution in [3.05, 3.63) is 102 Å². The number of hydrogen-bond donors (Lipinski definition) is 0. The first-order valence-corrected chi connectivity index (χ1v) is 11.1. The Kier molecular flexibility index (Phi) is 3.44. The van der Waals surface area contributed by atoms with Gasteiger partial charge in [-0.2, -0.15) is 0 Å². The average molecular weight is 462 g/mol. The van der Waals surface area contributed by atoms with Gasteiger partial charge >= 0.3 is 0 Å². The largest absolute Gasteiger partial charge is 0.456 e. The average Bonchev–Trinajstić information content (AvgIpc) is 3.33. The van der Waals surface area contributed by atoms with Crippen molar-refractivity contribution in [2.24, 2.45) is 0 Å². The first-order chi connectivity index (χ1) is 15.3. The quantitative estimate of drug-likeness (QED) is 0.239. The van der Waals surface area contributed by atoms with Gasteiger partial charge in [0, 0.05) is 32.1 Å². The molecule has 0 N–H and O–H groups in total. The summed E-state index contributed by atoms with van der Waals surface area (Å²) < 4.78 is 9.60. The predicted octanol–water partition coefficient (Wildman–Crippen LogP) is 8.60. The standard InChI is InChI=1S/C28H16BrNO/c29-23-15-19(16-27-28(23)21-10-4-6-12-26(21)31-27)30-24-11-5-3-9-20(24)22-13-17-7-1-2-8-18(17)14-25(22)30/h1-16H. The van der Waals surface area contributed by atoms with Crippen molar-refractivity contribution >= 4 is 70.4 Å². The third-order valence-electron chi connectivity index (χ3n) is 6.21. The summed E-state index contributed by atoms with van der Waals surface area (Å²) in [5.41, 5.74) is 5.26. The molecule has 2 aromatic heterocycles. The molecular formula is C28H16BrNO. The number of furan rings is 1. The lowest BCUT2D eigenvalue weighted by molar-refractivity contribution is 0.668. The van der Waals surface area contributed by atoms with Crippen LogP contribution in [0.2, 0.25) is 0 Å². The molecule has 0 spiro atoms. The van der Waals surface area contributed by atoms with Crippen molar-refractivity contribution in [2.45, 2.75) is 0 Å². The lowest BCUT2D eigenvalue weighted by Crippen LogP contribution is -1.94. The summed E-state index contributed by atoms with van der Waals surface area (Å²) >= 11 is 3.83. The zero-order chi connectivity index (χ0) is 20.5. The molecule has 3 heteroatoms. The highest BCUT2D eigenvalue weighted by atomic mass is 79.9. The van der Waals surface area contributed by atoms with Crippen LogP contribution >= 0.6 is 15.9 Å². The molecule has 0 amide bonds. The van der Waals surface area contributed by atoms with E-state index in [1.165, 1.54) is 32.6 Å². The molecule has 31 heavy (non-hydrogen) atoms. The van der Waals surface area contributed by atoms with Gasteiger partial charge in [0.15, 0.2) is 0 Å². The number of halogens is 1. The van der Waals surface area contributed by atoms with Gasteiger partial charge in [-0.1, -0.05) is 60.7 Å². The number of nitrogens with zero attached hydrogens (tertiary/aromatic N) is 1. The first kappa shape index (κ1) is 17.2. The van der Waals surface area contributed by atoms with Crippen LogP contribution in [-0.2, 0) is 0 Å². The summed E-state index contributed by atoms with van der Waals surface area (Å²) in [7, 11) is 0. The summed E-state index contributed by atoms with van der Waals surface area (Å²) in [4.78, 5) is 0. The highest BCUT2D eigenvalue weighted by molar-refractivity contribution is 9.10. The van der Waals surface area contributed by atoms with E-state index in [2.05, 4.69) is 105 Å². The molecule has 0 aliphatic carbocycles. The summed E-state index contributed by atoms with van der Waals surface area (Å²) in [5.74, 6) is 0. The molecule has 0 aliphatic heterocycles. The molecule has 2 heterocycles. The van der Waals surface area contributed by atoms with Crippen molar-refractivity contribution in [2.75, 3.05) is 0 Å². The normalized spacial score (nSPS) is 12.0. The maximum Gasteiger partial charge on any atom is 0.138 e. The van der Waals surface area contributed by atoms with Gasteiger partial charge in [-0.3, -0.25) is 0 Å². The van der Waals surface area contributed by atoms with Gasteiger partial charge in [0.1, 0.15) is 11.2 Å². The van der Waals surface area contributed by atoms with Gasteiger partial charge < -0.3 is 8.98 Å². The highest BCUT2D eigenvalue weighted by Gasteiger charge is 2.16. The number of hydrogen-bond acceptors (Lipinski definition) is 1. The Bertz CT molecular complexity index is 1810. The summed E-state index contributed by atoms with van der Waals surface area (Å²) in [6.45, 7) is 0. The molecule has 146 valence electrons. The van der Waals surface area contributed by atoms with Crippen molar-refractivity contribution in [3.8, 4) is 5.69 Å². The molecule has 7 aromatic rings. The van der Waals surface area contributed by atoms with Crippen molar-refractivity contribution < 1.29 is 4.42 Å². The number of aromatic nitrogens is 1. The Morgan fingerprint density at radius 3 is 2.16 bits per heavy atom. The zero-order valence-corrected chi connectivity index (χ0v) is 18.1. The number of fused-ring (bicyclic) bond motifs is 7. The predicted molar refractivity (Wildman–Crippen MR) is 133 cm³/mol. The van der Waals surface area contributed by atoms with E-state index in [4.69, 9.17) is 4.42 Å². The fourth-order valence-electron chi connectivity index (χ4n) is 4.85. The van der Waals surface area contributed by atoms with Crippen LogP contribution in [0.15, 0.2) is 106 Å². The molecule has 7 rings (SSSR count). The van der Waals surface area contributed by atoms with E-state index in [0.717, 1.165) is 32.1 Å². The molecule has 0 saturated carbocycles. The van der Waals surface area contributed by atoms with Crippen molar-refractivity contribution in [1.29, 1.82) is 0 Å². The van der Waals surface area contributed by atoms with E-state index < -0.39 is 0 Å². The van der Waals surface area contributed by atoms with Gasteiger partial charge in [0.25, 0.3) is 0 Å². The lowest BCUT2D eigenvalue weighted by Gasteiger charge is -2.09. The number of rotatable bonds is 1. The highest BCUT2D eigenvalue weighted by Crippen LogP contribution is 2.39. The fraction of sp³-hybridized carbons (Fsp3) is 0. The van der Waals surface area contributed by atoms with Crippen molar-refractivity contribution in [3.63, 3.8) is 0 Å². The topological polar surface area (TPSA) is 18.1 Å². The van der Waals surface area contributed by atoms with Crippen LogP contribution in [0.5, 0.6) is 0 Å². The lowest BCUT2D eigenvalue weighted by atomic mass is 10.1. The maximum atomic E-state index is 6.22. The molecule has 0 radical (unpaired) electrons. The Labute approximate surface area is 186 Å². The molecule has 0 fully saturated rings. The molecule has 0 atom stereocenters. The summed E-state index contributed by atoms with van der Waals surface area (Å²) in [5, 5.41) is 7.25. The second kappa shape index (κ2) is 6.22. The number of benzene rings is 5. The smallest absolute Gasteiger partial charge is 0.138 e. The van der Waals surface area contributed by atoms with Gasteiger partial charge in [-0.15, -0.1) is 0 Å². The second-order valence-corrected chi connectivity index (χ2v) is 8.82. The minimum absolute atomic E-state index is 0.886. The Hall–Kier alpha value is -3.56. The monoisotopic (exact) mass is 461 g/mol. The summed E-state index contributed by atoms with van der Waals surface area (Å²) in [6, 6.07) is 34.3. The first-order valence-electron chi connectivity index (χ1n) is 10.3. The van der Waals surface area contributed by atoms with Crippen molar-refractivity contribution in [1.82, 2.24) is 4.57 Å². The van der Waals surface area contributed by atoms with Crippen LogP contribution < -0.4 is 0 Å². The molecule has 5 aromatic carbocycles. The summed E-state index contributed by atoms with van der Waals surface area (Å²) in [6.07, 6.45) is 0. The van der Waals surface area contributed by atoms with E-state index in [0.29, 0.717) is 0 Å². The maximum absolute atomic E-state index is 6.22. The van der Waals surface area contributed by atoms with Gasteiger partial charge in [0.05, 0.1) is 16.7 Å². The molecular weight excluding hydrogens is 446 g/mol. The van der Waals surface area contributed by atoms with Crippen LogP contribution in [-0.4, -0.2) is 4.57 Å². The van der Waals surface area contributed by atoms with Gasteiger partial charge in [-0.05, 0) is 57.0 Å². The second-order valence-electron chi connectivity index (χ2n) is 7.97. The van der Waals surface area contributed by atoms with E-state index in [-0.39, 0.29) is 0 Å². The molecule has 0 unspecified atom stereocenters. The zero-order valence-electron chi connectivity index (χ0n) is 16.5. The fourth-order valence-corrected chi connectivity index (χ4v) is 5.50. The van der Waals surface area contributed by atoms with E-state index in [1.54, 1.807) is 0 Å².